The lowest BCUT2D eigenvalue weighted by Gasteiger charge is -2.07. The summed E-state index contributed by atoms with van der Waals surface area (Å²) in [5, 5.41) is 8.48. The van der Waals surface area contributed by atoms with Gasteiger partial charge in [-0.05, 0) is 18.2 Å². The van der Waals surface area contributed by atoms with Gasteiger partial charge in [0.15, 0.2) is 0 Å². The number of rotatable bonds is 3. The molecule has 0 aliphatic heterocycles. The Kier molecular flexibility index (Phi) is 12.2. The average Bonchev–Trinajstić information content (AvgIpc) is 2.14. The first kappa shape index (κ1) is 22.5. The van der Waals surface area contributed by atoms with Crippen molar-refractivity contribution in [3.8, 4) is 5.75 Å². The van der Waals surface area contributed by atoms with Gasteiger partial charge >= 0.3 is 10.4 Å². The van der Waals surface area contributed by atoms with Crippen LogP contribution in [0.5, 0.6) is 5.75 Å². The number of ether oxygens (including phenoxy) is 1. The van der Waals surface area contributed by atoms with E-state index in [1.807, 2.05) is 0 Å². The van der Waals surface area contributed by atoms with Gasteiger partial charge in [0.2, 0.25) is 0 Å². The SMILES string of the molecule is Nc1ccc(OCCO)c(N)c1.O.O.O=S(=O)(O)O. The minimum absolute atomic E-state index is 0. The molecule has 0 amide bonds. The molecule has 0 aliphatic rings. The molecule has 0 saturated carbocycles. The second-order valence-electron chi connectivity index (χ2n) is 2.82. The number of benzene rings is 1. The van der Waals surface area contributed by atoms with Crippen molar-refractivity contribution in [2.75, 3.05) is 24.7 Å². The van der Waals surface area contributed by atoms with E-state index in [1.165, 1.54) is 0 Å². The minimum Gasteiger partial charge on any atom is -0.489 e. The van der Waals surface area contributed by atoms with Crippen LogP contribution < -0.4 is 16.2 Å². The first-order valence-electron chi connectivity index (χ1n) is 4.32. The second kappa shape index (κ2) is 10.3. The molecule has 0 fully saturated rings. The molecule has 1 aromatic carbocycles. The van der Waals surface area contributed by atoms with Crippen LogP contribution in [0.15, 0.2) is 18.2 Å². The summed E-state index contributed by atoms with van der Waals surface area (Å²) in [4.78, 5) is 0. The van der Waals surface area contributed by atoms with Gasteiger partial charge in [-0.2, -0.15) is 8.42 Å². The average molecular weight is 302 g/mol. The van der Waals surface area contributed by atoms with Crippen LogP contribution in [0, 0.1) is 0 Å². The topological polar surface area (TPSA) is 219 Å². The highest BCUT2D eigenvalue weighted by Crippen LogP contribution is 2.23. The Morgan fingerprint density at radius 2 is 1.63 bits per heavy atom. The summed E-state index contributed by atoms with van der Waals surface area (Å²) in [6, 6.07) is 5.00. The van der Waals surface area contributed by atoms with E-state index in [0.29, 0.717) is 17.1 Å². The van der Waals surface area contributed by atoms with Gasteiger partial charge in [-0.15, -0.1) is 0 Å². The monoisotopic (exact) mass is 302 g/mol. The van der Waals surface area contributed by atoms with E-state index in [9.17, 15) is 0 Å². The summed E-state index contributed by atoms with van der Waals surface area (Å²) in [7, 11) is -4.67. The third-order valence-electron chi connectivity index (χ3n) is 1.38. The number of nitrogens with two attached hydrogens (primary N) is 2. The first-order chi connectivity index (χ1) is 7.74. The highest BCUT2D eigenvalue weighted by atomic mass is 32.3. The van der Waals surface area contributed by atoms with Crippen LogP contribution in [0.2, 0.25) is 0 Å². The lowest BCUT2D eigenvalue weighted by Crippen LogP contribution is -2.04. The quantitative estimate of drug-likeness (QED) is 0.307. The molecule has 0 aliphatic carbocycles. The summed E-state index contributed by atoms with van der Waals surface area (Å²) in [6.07, 6.45) is 0. The van der Waals surface area contributed by atoms with E-state index in [4.69, 9.17) is 38.8 Å². The minimum atomic E-state index is -4.67. The Morgan fingerprint density at radius 1 is 1.16 bits per heavy atom. The molecule has 0 spiro atoms. The molecule has 0 saturated heterocycles. The van der Waals surface area contributed by atoms with E-state index in [1.54, 1.807) is 18.2 Å². The maximum absolute atomic E-state index is 8.74. The molecule has 0 unspecified atom stereocenters. The molecular weight excluding hydrogens is 284 g/mol. The fourth-order valence-electron chi connectivity index (χ4n) is 0.854. The van der Waals surface area contributed by atoms with Gasteiger partial charge in [-0.3, -0.25) is 9.11 Å². The van der Waals surface area contributed by atoms with Crippen molar-refractivity contribution in [2.45, 2.75) is 0 Å². The van der Waals surface area contributed by atoms with Crippen molar-refractivity contribution in [3.05, 3.63) is 18.2 Å². The molecule has 0 bridgehead atoms. The number of aliphatic hydroxyl groups is 1. The Balaban J connectivity index is -0.000000320. The maximum atomic E-state index is 8.74. The Bertz CT molecular complexity index is 442. The third kappa shape index (κ3) is 14.3. The van der Waals surface area contributed by atoms with Gasteiger partial charge in [-0.25, -0.2) is 0 Å². The number of nitrogen functional groups attached to an aromatic ring is 2. The highest BCUT2D eigenvalue weighted by molar-refractivity contribution is 7.79. The predicted octanol–water partition coefficient (Wildman–Crippen LogP) is -2.08. The Hall–Kier alpha value is -1.63. The molecule has 0 radical (unpaired) electrons. The van der Waals surface area contributed by atoms with Crippen LogP contribution >= 0.6 is 0 Å². The predicted molar refractivity (Wildman–Crippen MR) is 69.3 cm³/mol. The Morgan fingerprint density at radius 3 is 2.00 bits per heavy atom. The van der Waals surface area contributed by atoms with E-state index >= 15 is 0 Å². The van der Waals surface area contributed by atoms with Gasteiger partial charge in [0.25, 0.3) is 0 Å². The molecule has 19 heavy (non-hydrogen) atoms. The standard InChI is InChI=1S/C8H12N2O2.H2O4S.2H2O/c9-6-1-2-8(7(10)5-6)12-4-3-11;1-5(2,3)4;;/h1-2,5,11H,3-4,9-10H2;(H2,1,2,3,4);2*1H2. The number of aliphatic hydroxyl groups excluding tert-OH is 1. The molecule has 0 atom stereocenters. The molecule has 11 heteroatoms. The van der Waals surface area contributed by atoms with E-state index in [-0.39, 0.29) is 24.2 Å². The zero-order valence-corrected chi connectivity index (χ0v) is 10.6. The van der Waals surface area contributed by atoms with Crippen molar-refractivity contribution in [3.63, 3.8) is 0 Å². The van der Waals surface area contributed by atoms with Gasteiger partial charge in [-0.1, -0.05) is 0 Å². The fraction of sp³-hybridized carbons (Fsp3) is 0.250. The van der Waals surface area contributed by atoms with Crippen LogP contribution in [0.1, 0.15) is 0 Å². The van der Waals surface area contributed by atoms with Crippen molar-refractivity contribution in [1.82, 2.24) is 0 Å². The lowest BCUT2D eigenvalue weighted by molar-refractivity contribution is 0.202. The zero-order valence-electron chi connectivity index (χ0n) is 9.78. The largest absolute Gasteiger partial charge is 0.489 e. The summed E-state index contributed by atoms with van der Waals surface area (Å²) in [5.74, 6) is 0.554. The highest BCUT2D eigenvalue weighted by Gasteiger charge is 1.98. The van der Waals surface area contributed by atoms with E-state index in [2.05, 4.69) is 0 Å². The normalized spacial score (nSPS) is 9.21. The van der Waals surface area contributed by atoms with Crippen molar-refractivity contribution >= 4 is 21.8 Å². The lowest BCUT2D eigenvalue weighted by atomic mass is 10.2. The van der Waals surface area contributed by atoms with Crippen LogP contribution in [-0.2, 0) is 10.4 Å². The summed E-state index contributed by atoms with van der Waals surface area (Å²) >= 11 is 0. The molecule has 114 valence electrons. The molecule has 10 nitrogen and oxygen atoms in total. The summed E-state index contributed by atoms with van der Waals surface area (Å²) in [6.45, 7) is 0.220. The second-order valence-corrected chi connectivity index (χ2v) is 3.71. The molecule has 1 aromatic rings. The first-order valence-corrected chi connectivity index (χ1v) is 5.72. The van der Waals surface area contributed by atoms with E-state index in [0.717, 1.165) is 0 Å². The van der Waals surface area contributed by atoms with E-state index < -0.39 is 10.4 Å². The van der Waals surface area contributed by atoms with Crippen LogP contribution in [0.3, 0.4) is 0 Å². The van der Waals surface area contributed by atoms with Gasteiger partial charge in [0, 0.05) is 5.69 Å². The molecule has 11 N–H and O–H groups in total. The number of hydrogen-bond donors (Lipinski definition) is 5. The van der Waals surface area contributed by atoms with Crippen molar-refractivity contribution < 1.29 is 38.3 Å². The fourth-order valence-corrected chi connectivity index (χ4v) is 0.854. The third-order valence-corrected chi connectivity index (χ3v) is 1.38. The summed E-state index contributed by atoms with van der Waals surface area (Å²) in [5.41, 5.74) is 12.1. The van der Waals surface area contributed by atoms with Gasteiger partial charge < -0.3 is 32.3 Å². The summed E-state index contributed by atoms with van der Waals surface area (Å²) < 4.78 is 36.7. The van der Waals surface area contributed by atoms with Crippen molar-refractivity contribution in [2.24, 2.45) is 0 Å². The number of hydrogen-bond acceptors (Lipinski definition) is 6. The molecule has 0 aromatic heterocycles. The van der Waals surface area contributed by atoms with Gasteiger partial charge in [0.1, 0.15) is 12.4 Å². The molecular formula is C8H18N2O8S. The van der Waals surface area contributed by atoms with Crippen LogP contribution in [0.25, 0.3) is 0 Å². The van der Waals surface area contributed by atoms with Crippen LogP contribution in [-0.4, -0.2) is 46.8 Å². The number of anilines is 2. The zero-order chi connectivity index (χ0) is 13.5. The molecule has 1 rings (SSSR count). The smallest absolute Gasteiger partial charge is 0.394 e. The van der Waals surface area contributed by atoms with Crippen LogP contribution in [0.4, 0.5) is 11.4 Å². The Labute approximate surface area is 109 Å². The van der Waals surface area contributed by atoms with Gasteiger partial charge in [0.05, 0.1) is 12.3 Å². The molecule has 0 heterocycles. The van der Waals surface area contributed by atoms with Crippen molar-refractivity contribution in [1.29, 1.82) is 0 Å². The maximum Gasteiger partial charge on any atom is 0.394 e.